The molecule has 0 heteroatoms. The van der Waals surface area contributed by atoms with Crippen LogP contribution < -0.4 is 0 Å². The molecule has 17 heavy (non-hydrogen) atoms. The molecule has 2 radical (unpaired) electrons. The molecule has 0 rings (SSSR count). The van der Waals surface area contributed by atoms with E-state index in [0.29, 0.717) is 5.92 Å². The van der Waals surface area contributed by atoms with Crippen molar-refractivity contribution < 1.29 is 0 Å². The van der Waals surface area contributed by atoms with Gasteiger partial charge in [0.25, 0.3) is 0 Å². The highest BCUT2D eigenvalue weighted by atomic mass is 14.1. The molecule has 0 nitrogen and oxygen atoms in total. The van der Waals surface area contributed by atoms with Crippen LogP contribution >= 0.6 is 0 Å². The molecular formula is C17H30. The Morgan fingerprint density at radius 1 is 0.941 bits per heavy atom. The predicted molar refractivity (Wildman–Crippen MR) is 78.3 cm³/mol. The standard InChI is InChI=1S/C17H30/c1-6-8-11-16(4)14-17(5)13-9-12-15(3)10-7-2/h15-17H,1-2,6-8,10-11,13-14H2,3-5H3. The number of unbranched alkanes of at least 4 members (excludes halogenated alkanes) is 1. The van der Waals surface area contributed by atoms with E-state index in [9.17, 15) is 0 Å². The topological polar surface area (TPSA) is 0 Å². The summed E-state index contributed by atoms with van der Waals surface area (Å²) in [5.74, 6) is 8.74. The van der Waals surface area contributed by atoms with Crippen LogP contribution in [-0.2, 0) is 0 Å². The average molecular weight is 234 g/mol. The zero-order chi connectivity index (χ0) is 13.1. The van der Waals surface area contributed by atoms with Crippen LogP contribution in [0, 0.1) is 43.4 Å². The summed E-state index contributed by atoms with van der Waals surface area (Å²) in [5.41, 5.74) is 0. The zero-order valence-corrected chi connectivity index (χ0v) is 12.1. The van der Waals surface area contributed by atoms with Crippen molar-refractivity contribution in [2.45, 2.75) is 65.7 Å². The van der Waals surface area contributed by atoms with Gasteiger partial charge in [0, 0.05) is 12.3 Å². The van der Waals surface area contributed by atoms with Crippen LogP contribution in [-0.4, -0.2) is 0 Å². The smallest absolute Gasteiger partial charge is 0.0174 e. The third-order valence-corrected chi connectivity index (χ3v) is 3.19. The first kappa shape index (κ1) is 16.6. The summed E-state index contributed by atoms with van der Waals surface area (Å²) < 4.78 is 0. The molecule has 0 fully saturated rings. The molecule has 0 N–H and O–H groups in total. The molecule has 0 saturated carbocycles. The minimum atomic E-state index is 0.517. The summed E-state index contributed by atoms with van der Waals surface area (Å²) in [6, 6.07) is 0. The normalized spacial score (nSPS) is 15.8. The van der Waals surface area contributed by atoms with Gasteiger partial charge in [-0.05, 0) is 24.7 Å². The Bertz CT molecular complexity index is 218. The van der Waals surface area contributed by atoms with Gasteiger partial charge < -0.3 is 0 Å². The lowest BCUT2D eigenvalue weighted by Gasteiger charge is -2.14. The van der Waals surface area contributed by atoms with E-state index in [-0.39, 0.29) is 0 Å². The SMILES string of the molecule is [CH2]CCCC(C)CC(C)CC#CC(C)CC[CH2]. The maximum Gasteiger partial charge on any atom is 0.0174 e. The first-order valence-corrected chi connectivity index (χ1v) is 7.17. The number of rotatable bonds is 8. The predicted octanol–water partition coefficient (Wildman–Crippen LogP) is 5.30. The van der Waals surface area contributed by atoms with Gasteiger partial charge in [-0.25, -0.2) is 0 Å². The van der Waals surface area contributed by atoms with E-state index in [2.05, 4.69) is 46.5 Å². The van der Waals surface area contributed by atoms with E-state index in [4.69, 9.17) is 0 Å². The van der Waals surface area contributed by atoms with Gasteiger partial charge >= 0.3 is 0 Å². The van der Waals surface area contributed by atoms with Crippen molar-refractivity contribution in [1.29, 1.82) is 0 Å². The monoisotopic (exact) mass is 234 g/mol. The quantitative estimate of drug-likeness (QED) is 0.500. The van der Waals surface area contributed by atoms with Gasteiger partial charge in [0.2, 0.25) is 0 Å². The van der Waals surface area contributed by atoms with Crippen LogP contribution in [0.3, 0.4) is 0 Å². The van der Waals surface area contributed by atoms with Crippen molar-refractivity contribution in [2.24, 2.45) is 17.8 Å². The number of hydrogen-bond donors (Lipinski definition) is 0. The second kappa shape index (κ2) is 10.7. The van der Waals surface area contributed by atoms with Crippen LogP contribution in [0.15, 0.2) is 0 Å². The Morgan fingerprint density at radius 2 is 1.65 bits per heavy atom. The first-order chi connectivity index (χ1) is 8.10. The van der Waals surface area contributed by atoms with E-state index >= 15 is 0 Å². The Balaban J connectivity index is 3.74. The highest BCUT2D eigenvalue weighted by Gasteiger charge is 2.07. The van der Waals surface area contributed by atoms with Crippen LogP contribution in [0.4, 0.5) is 0 Å². The van der Waals surface area contributed by atoms with Gasteiger partial charge in [-0.1, -0.05) is 60.3 Å². The Morgan fingerprint density at radius 3 is 2.24 bits per heavy atom. The fourth-order valence-electron chi connectivity index (χ4n) is 2.17. The molecule has 0 bridgehead atoms. The van der Waals surface area contributed by atoms with Gasteiger partial charge in [0.05, 0.1) is 0 Å². The van der Waals surface area contributed by atoms with E-state index < -0.39 is 0 Å². The molecule has 98 valence electrons. The molecule has 0 aromatic carbocycles. The Kier molecular flexibility index (Phi) is 10.4. The molecular weight excluding hydrogens is 204 g/mol. The molecule has 0 heterocycles. The largest absolute Gasteiger partial charge is 0.103 e. The highest BCUT2D eigenvalue weighted by molar-refractivity contribution is 5.03. The van der Waals surface area contributed by atoms with E-state index in [1.807, 2.05) is 0 Å². The molecule has 0 aliphatic heterocycles. The van der Waals surface area contributed by atoms with Gasteiger partial charge in [-0.15, -0.1) is 11.8 Å². The van der Waals surface area contributed by atoms with Crippen molar-refractivity contribution in [3.05, 3.63) is 13.8 Å². The van der Waals surface area contributed by atoms with Gasteiger partial charge in [0.15, 0.2) is 0 Å². The lowest BCUT2D eigenvalue weighted by molar-refractivity contribution is 0.392. The summed E-state index contributed by atoms with van der Waals surface area (Å²) in [4.78, 5) is 0. The zero-order valence-electron chi connectivity index (χ0n) is 12.1. The van der Waals surface area contributed by atoms with Crippen LogP contribution in [0.1, 0.15) is 65.7 Å². The Hall–Kier alpha value is -0.440. The summed E-state index contributed by atoms with van der Waals surface area (Å²) in [6.45, 7) is 14.6. The van der Waals surface area contributed by atoms with Crippen molar-refractivity contribution in [1.82, 2.24) is 0 Å². The minimum Gasteiger partial charge on any atom is -0.103 e. The van der Waals surface area contributed by atoms with Crippen LogP contribution in [0.2, 0.25) is 0 Å². The van der Waals surface area contributed by atoms with Crippen molar-refractivity contribution in [3.8, 4) is 11.8 Å². The summed E-state index contributed by atoms with van der Waals surface area (Å²) >= 11 is 0. The van der Waals surface area contributed by atoms with E-state index in [1.165, 1.54) is 19.3 Å². The Labute approximate surface area is 110 Å². The van der Waals surface area contributed by atoms with E-state index in [0.717, 1.165) is 37.5 Å². The van der Waals surface area contributed by atoms with Crippen molar-refractivity contribution in [2.75, 3.05) is 0 Å². The summed E-state index contributed by atoms with van der Waals surface area (Å²) in [7, 11) is 0. The van der Waals surface area contributed by atoms with Crippen LogP contribution in [0.5, 0.6) is 0 Å². The summed E-state index contributed by atoms with van der Waals surface area (Å²) in [6.07, 6.45) is 8.13. The molecule has 0 aliphatic carbocycles. The second-order valence-corrected chi connectivity index (χ2v) is 5.51. The third kappa shape index (κ3) is 10.4. The van der Waals surface area contributed by atoms with Crippen molar-refractivity contribution in [3.63, 3.8) is 0 Å². The molecule has 0 aromatic rings. The summed E-state index contributed by atoms with van der Waals surface area (Å²) in [5, 5.41) is 0. The molecule has 3 unspecified atom stereocenters. The van der Waals surface area contributed by atoms with Crippen LogP contribution in [0.25, 0.3) is 0 Å². The lowest BCUT2D eigenvalue weighted by atomic mass is 9.91. The van der Waals surface area contributed by atoms with Gasteiger partial charge in [-0.2, -0.15) is 0 Å². The lowest BCUT2D eigenvalue weighted by Crippen LogP contribution is -2.02. The highest BCUT2D eigenvalue weighted by Crippen LogP contribution is 2.19. The molecule has 0 amide bonds. The van der Waals surface area contributed by atoms with E-state index in [1.54, 1.807) is 0 Å². The minimum absolute atomic E-state index is 0.517. The second-order valence-electron chi connectivity index (χ2n) is 5.51. The fourth-order valence-corrected chi connectivity index (χ4v) is 2.17. The molecule has 0 aliphatic rings. The van der Waals surface area contributed by atoms with Crippen molar-refractivity contribution >= 4 is 0 Å². The molecule has 0 spiro atoms. The maximum atomic E-state index is 3.90. The third-order valence-electron chi connectivity index (χ3n) is 3.19. The van der Waals surface area contributed by atoms with Gasteiger partial charge in [-0.3, -0.25) is 0 Å². The first-order valence-electron chi connectivity index (χ1n) is 7.17. The fraction of sp³-hybridized carbons (Fsp3) is 0.765. The average Bonchev–Trinajstić information content (AvgIpc) is 2.26. The van der Waals surface area contributed by atoms with Gasteiger partial charge in [0.1, 0.15) is 0 Å². The molecule has 0 saturated heterocycles. The maximum absolute atomic E-state index is 3.90. The molecule has 0 aromatic heterocycles. The number of hydrogen-bond acceptors (Lipinski definition) is 0. The molecule has 3 atom stereocenters.